The molecule has 5 nitrogen and oxygen atoms in total. The Morgan fingerprint density at radius 2 is 2.00 bits per heavy atom. The van der Waals surface area contributed by atoms with E-state index in [9.17, 15) is 9.90 Å². The quantitative estimate of drug-likeness (QED) is 0.586. The molecule has 0 radical (unpaired) electrons. The van der Waals surface area contributed by atoms with E-state index in [4.69, 9.17) is 11.6 Å². The molecule has 0 aliphatic rings. The molecule has 22 heavy (non-hydrogen) atoms. The molecule has 3 N–H and O–H groups in total. The highest BCUT2D eigenvalue weighted by Gasteiger charge is 2.11. The van der Waals surface area contributed by atoms with Crippen molar-refractivity contribution in [1.29, 1.82) is 0 Å². The average molecular weight is 318 g/mol. The Kier molecular flexibility index (Phi) is 5.38. The van der Waals surface area contributed by atoms with Crippen molar-refractivity contribution in [2.75, 3.05) is 5.32 Å². The summed E-state index contributed by atoms with van der Waals surface area (Å²) in [4.78, 5) is 11.9. The van der Waals surface area contributed by atoms with Gasteiger partial charge in [0.15, 0.2) is 0 Å². The molecule has 0 aliphatic carbocycles. The Balaban J connectivity index is 1.87. The Morgan fingerprint density at radius 1 is 1.27 bits per heavy atom. The second-order valence-corrected chi connectivity index (χ2v) is 5.14. The minimum absolute atomic E-state index is 0.146. The summed E-state index contributed by atoms with van der Waals surface area (Å²) in [7, 11) is 0. The number of aromatic hydroxyl groups is 1. The van der Waals surface area contributed by atoms with Crippen LogP contribution in [0.15, 0.2) is 53.6 Å². The third kappa shape index (κ3) is 4.79. The van der Waals surface area contributed by atoms with Crippen molar-refractivity contribution < 1.29 is 9.90 Å². The molecule has 114 valence electrons. The summed E-state index contributed by atoms with van der Waals surface area (Å²) in [5.74, 6) is -0.126. The number of halogens is 1. The van der Waals surface area contributed by atoms with E-state index >= 15 is 0 Å². The molecule has 1 amide bonds. The Labute approximate surface area is 133 Å². The molecule has 2 aromatic carbocycles. The van der Waals surface area contributed by atoms with Gasteiger partial charge in [-0.25, -0.2) is 5.43 Å². The number of nitrogens with zero attached hydrogens (tertiary/aromatic N) is 1. The molecular formula is C16H16ClN3O2. The van der Waals surface area contributed by atoms with Crippen LogP contribution in [0.2, 0.25) is 5.02 Å². The SMILES string of the molecule is C[C@@H](Nc1ccc(Cl)cc1)C(=O)N/N=C\c1cccc(O)c1. The lowest BCUT2D eigenvalue weighted by Crippen LogP contribution is -2.34. The Morgan fingerprint density at radius 3 is 2.68 bits per heavy atom. The van der Waals surface area contributed by atoms with Crippen LogP contribution in [0.1, 0.15) is 12.5 Å². The van der Waals surface area contributed by atoms with Crippen molar-refractivity contribution in [3.05, 3.63) is 59.1 Å². The molecule has 6 heteroatoms. The van der Waals surface area contributed by atoms with E-state index in [0.29, 0.717) is 10.6 Å². The molecule has 2 rings (SSSR count). The lowest BCUT2D eigenvalue weighted by molar-refractivity contribution is -0.121. The Bertz CT molecular complexity index is 671. The molecule has 0 bridgehead atoms. The maximum atomic E-state index is 11.9. The number of hydrogen-bond donors (Lipinski definition) is 3. The largest absolute Gasteiger partial charge is 0.508 e. The minimum atomic E-state index is -0.456. The number of anilines is 1. The number of benzene rings is 2. The third-order valence-electron chi connectivity index (χ3n) is 2.88. The topological polar surface area (TPSA) is 73.7 Å². The van der Waals surface area contributed by atoms with E-state index < -0.39 is 6.04 Å². The molecule has 0 saturated carbocycles. The van der Waals surface area contributed by atoms with E-state index in [1.165, 1.54) is 6.21 Å². The van der Waals surface area contributed by atoms with Crippen LogP contribution < -0.4 is 10.7 Å². The number of rotatable bonds is 5. The smallest absolute Gasteiger partial charge is 0.262 e. The summed E-state index contributed by atoms with van der Waals surface area (Å²) in [6, 6.07) is 13.2. The van der Waals surface area contributed by atoms with E-state index in [-0.39, 0.29) is 11.7 Å². The number of phenols is 1. The number of carbonyl (C=O) groups is 1. The number of carbonyl (C=O) groups excluding carboxylic acids is 1. The maximum Gasteiger partial charge on any atom is 0.262 e. The second kappa shape index (κ2) is 7.47. The van der Waals surface area contributed by atoms with Gasteiger partial charge in [-0.15, -0.1) is 0 Å². The van der Waals surface area contributed by atoms with E-state index in [2.05, 4.69) is 15.8 Å². The fourth-order valence-electron chi connectivity index (χ4n) is 1.73. The Hall–Kier alpha value is -2.53. The van der Waals surface area contributed by atoms with Crippen LogP contribution in [0.25, 0.3) is 0 Å². The molecular weight excluding hydrogens is 302 g/mol. The number of phenolic OH excluding ortho intramolecular Hbond substituents is 1. The first-order valence-corrected chi connectivity index (χ1v) is 7.06. The highest BCUT2D eigenvalue weighted by Crippen LogP contribution is 2.14. The highest BCUT2D eigenvalue weighted by molar-refractivity contribution is 6.30. The van der Waals surface area contributed by atoms with Gasteiger partial charge in [-0.05, 0) is 48.9 Å². The third-order valence-corrected chi connectivity index (χ3v) is 3.13. The van der Waals surface area contributed by atoms with Gasteiger partial charge in [0.2, 0.25) is 0 Å². The van der Waals surface area contributed by atoms with Gasteiger partial charge in [-0.3, -0.25) is 4.79 Å². The first-order chi connectivity index (χ1) is 10.5. The summed E-state index contributed by atoms with van der Waals surface area (Å²) in [5.41, 5.74) is 3.93. The van der Waals surface area contributed by atoms with E-state index in [1.807, 2.05) is 0 Å². The summed E-state index contributed by atoms with van der Waals surface area (Å²) >= 11 is 5.80. The summed E-state index contributed by atoms with van der Waals surface area (Å²) in [6.45, 7) is 1.73. The molecule has 1 atom stereocenters. The molecule has 0 spiro atoms. The van der Waals surface area contributed by atoms with Crippen LogP contribution in [0.3, 0.4) is 0 Å². The minimum Gasteiger partial charge on any atom is -0.508 e. The van der Waals surface area contributed by atoms with Gasteiger partial charge >= 0.3 is 0 Å². The van der Waals surface area contributed by atoms with Crippen molar-refractivity contribution in [2.45, 2.75) is 13.0 Å². The predicted octanol–water partition coefficient (Wildman–Crippen LogP) is 3.00. The molecule has 0 aromatic heterocycles. The zero-order valence-electron chi connectivity index (χ0n) is 12.0. The summed E-state index contributed by atoms with van der Waals surface area (Å²) in [6.07, 6.45) is 1.46. The second-order valence-electron chi connectivity index (χ2n) is 4.70. The molecule has 0 unspecified atom stereocenters. The van der Waals surface area contributed by atoms with Gasteiger partial charge in [-0.2, -0.15) is 5.10 Å². The van der Waals surface area contributed by atoms with Crippen LogP contribution >= 0.6 is 11.6 Å². The molecule has 0 fully saturated rings. The van der Waals surface area contributed by atoms with Gasteiger partial charge in [0, 0.05) is 10.7 Å². The van der Waals surface area contributed by atoms with Gasteiger partial charge < -0.3 is 10.4 Å². The van der Waals surface area contributed by atoms with Gasteiger partial charge in [0.25, 0.3) is 5.91 Å². The zero-order valence-corrected chi connectivity index (χ0v) is 12.7. The van der Waals surface area contributed by atoms with E-state index in [1.54, 1.807) is 55.5 Å². The van der Waals surface area contributed by atoms with Crippen molar-refractivity contribution in [3.8, 4) is 5.75 Å². The fraction of sp³-hybridized carbons (Fsp3) is 0.125. The van der Waals surface area contributed by atoms with Crippen LogP contribution in [0.4, 0.5) is 5.69 Å². The number of amides is 1. The van der Waals surface area contributed by atoms with Crippen molar-refractivity contribution in [1.82, 2.24) is 5.43 Å². The zero-order chi connectivity index (χ0) is 15.9. The van der Waals surface area contributed by atoms with Crippen molar-refractivity contribution in [3.63, 3.8) is 0 Å². The highest BCUT2D eigenvalue weighted by atomic mass is 35.5. The molecule has 0 aliphatic heterocycles. The predicted molar refractivity (Wildman–Crippen MR) is 88.4 cm³/mol. The van der Waals surface area contributed by atoms with Gasteiger partial charge in [-0.1, -0.05) is 23.7 Å². The lowest BCUT2D eigenvalue weighted by Gasteiger charge is -2.13. The fourth-order valence-corrected chi connectivity index (χ4v) is 1.86. The first-order valence-electron chi connectivity index (χ1n) is 6.68. The van der Waals surface area contributed by atoms with Crippen LogP contribution in [0, 0.1) is 0 Å². The first kappa shape index (κ1) is 15.9. The van der Waals surface area contributed by atoms with Crippen molar-refractivity contribution in [2.24, 2.45) is 5.10 Å². The van der Waals surface area contributed by atoms with E-state index in [0.717, 1.165) is 5.69 Å². The normalized spacial score (nSPS) is 12.1. The lowest BCUT2D eigenvalue weighted by atomic mass is 10.2. The number of nitrogens with one attached hydrogen (secondary N) is 2. The van der Waals surface area contributed by atoms with Crippen LogP contribution in [0.5, 0.6) is 5.75 Å². The van der Waals surface area contributed by atoms with Gasteiger partial charge in [0.1, 0.15) is 11.8 Å². The van der Waals surface area contributed by atoms with Crippen LogP contribution in [-0.4, -0.2) is 23.3 Å². The monoisotopic (exact) mass is 317 g/mol. The van der Waals surface area contributed by atoms with Crippen LogP contribution in [-0.2, 0) is 4.79 Å². The average Bonchev–Trinajstić information content (AvgIpc) is 2.49. The maximum absolute atomic E-state index is 11.9. The number of hydrazone groups is 1. The molecule has 0 saturated heterocycles. The standard InChI is InChI=1S/C16H16ClN3O2/c1-11(19-14-7-5-13(17)6-8-14)16(22)20-18-10-12-3-2-4-15(21)9-12/h2-11,19,21H,1H3,(H,20,22)/b18-10-/t11-/m1/s1. The number of hydrogen-bond acceptors (Lipinski definition) is 4. The summed E-state index contributed by atoms with van der Waals surface area (Å²) in [5, 5.41) is 16.9. The molecule has 0 heterocycles. The van der Waals surface area contributed by atoms with Crippen molar-refractivity contribution >= 4 is 29.4 Å². The molecule has 2 aromatic rings. The van der Waals surface area contributed by atoms with Gasteiger partial charge in [0.05, 0.1) is 6.21 Å². The summed E-state index contributed by atoms with van der Waals surface area (Å²) < 4.78 is 0.